The molecule has 4 heterocycles. The van der Waals surface area contributed by atoms with Crippen LogP contribution in [-0.2, 0) is 6.54 Å². The lowest BCUT2D eigenvalue weighted by molar-refractivity contribution is 0.0946. The van der Waals surface area contributed by atoms with Gasteiger partial charge in [0.1, 0.15) is 5.69 Å². The number of aromatic nitrogens is 6. The smallest absolute Gasteiger partial charge is 0.271 e. The van der Waals surface area contributed by atoms with Crippen LogP contribution in [-0.4, -0.2) is 35.4 Å². The summed E-state index contributed by atoms with van der Waals surface area (Å²) in [4.78, 5) is 21.4. The first-order chi connectivity index (χ1) is 14.0. The molecule has 0 saturated heterocycles. The number of carbonyl (C=O) groups excluding carboxylic acids is 1. The molecule has 0 bridgehead atoms. The molecule has 0 aromatic carbocycles. The maximum absolute atomic E-state index is 12.6. The SMILES string of the molecule is Cc1cc(C)n(-c2ccc(Cl)c(C(=O)NCc3ccc(-n4cccn4)nc3)n2)n1. The molecule has 0 atom stereocenters. The summed E-state index contributed by atoms with van der Waals surface area (Å²) in [5, 5.41) is 11.6. The molecule has 0 unspecified atom stereocenters. The van der Waals surface area contributed by atoms with E-state index in [0.29, 0.717) is 18.2 Å². The van der Waals surface area contributed by atoms with E-state index >= 15 is 0 Å². The molecule has 0 fully saturated rings. The lowest BCUT2D eigenvalue weighted by Gasteiger charge is -2.09. The Bertz CT molecular complexity index is 1150. The number of halogens is 1. The lowest BCUT2D eigenvalue weighted by atomic mass is 10.2. The van der Waals surface area contributed by atoms with Gasteiger partial charge in [-0.05, 0) is 49.7 Å². The van der Waals surface area contributed by atoms with E-state index in [9.17, 15) is 4.79 Å². The molecular weight excluding hydrogens is 390 g/mol. The topological polar surface area (TPSA) is 90.5 Å². The predicted octanol–water partition coefficient (Wildman–Crippen LogP) is 3.05. The van der Waals surface area contributed by atoms with Crippen LogP contribution in [0.25, 0.3) is 11.6 Å². The monoisotopic (exact) mass is 407 g/mol. The van der Waals surface area contributed by atoms with Crippen molar-refractivity contribution in [1.82, 2.24) is 34.8 Å². The van der Waals surface area contributed by atoms with Crippen molar-refractivity contribution in [3.05, 3.63) is 82.7 Å². The number of rotatable bonds is 5. The second kappa shape index (κ2) is 7.84. The molecule has 29 heavy (non-hydrogen) atoms. The number of aryl methyl sites for hydroxylation is 2. The fourth-order valence-corrected chi connectivity index (χ4v) is 3.09. The first-order valence-corrected chi connectivity index (χ1v) is 9.32. The Hall–Kier alpha value is -3.52. The van der Waals surface area contributed by atoms with Gasteiger partial charge in [-0.25, -0.2) is 19.3 Å². The van der Waals surface area contributed by atoms with Gasteiger partial charge in [0.25, 0.3) is 5.91 Å². The molecule has 9 heteroatoms. The van der Waals surface area contributed by atoms with Gasteiger partial charge in [-0.2, -0.15) is 10.2 Å². The number of hydrogen-bond donors (Lipinski definition) is 1. The first kappa shape index (κ1) is 18.8. The van der Waals surface area contributed by atoms with E-state index in [2.05, 4.69) is 25.5 Å². The largest absolute Gasteiger partial charge is 0.347 e. The van der Waals surface area contributed by atoms with E-state index in [0.717, 1.165) is 17.0 Å². The van der Waals surface area contributed by atoms with Gasteiger partial charge in [0.05, 0.1) is 10.7 Å². The number of carbonyl (C=O) groups is 1. The lowest BCUT2D eigenvalue weighted by Crippen LogP contribution is -2.25. The van der Waals surface area contributed by atoms with Crippen molar-refractivity contribution < 1.29 is 4.79 Å². The van der Waals surface area contributed by atoms with Gasteiger partial charge < -0.3 is 5.32 Å². The van der Waals surface area contributed by atoms with Crippen LogP contribution in [0.3, 0.4) is 0 Å². The molecule has 146 valence electrons. The normalized spacial score (nSPS) is 10.9. The zero-order valence-electron chi connectivity index (χ0n) is 15.9. The standard InChI is InChI=1S/C20H18ClN7O/c1-13-10-14(2)28(26-13)18-7-5-16(21)19(25-18)20(29)23-12-15-4-6-17(22-11-15)27-9-3-8-24-27/h3-11H,12H2,1-2H3,(H,23,29). The van der Waals surface area contributed by atoms with Crippen LogP contribution in [0.1, 0.15) is 27.4 Å². The fraction of sp³-hybridized carbons (Fsp3) is 0.150. The van der Waals surface area contributed by atoms with Gasteiger partial charge in [-0.15, -0.1) is 0 Å². The quantitative estimate of drug-likeness (QED) is 0.549. The van der Waals surface area contributed by atoms with Crippen LogP contribution in [0.4, 0.5) is 0 Å². The summed E-state index contributed by atoms with van der Waals surface area (Å²) in [7, 11) is 0. The number of pyridine rings is 2. The minimum Gasteiger partial charge on any atom is -0.347 e. The van der Waals surface area contributed by atoms with Crippen LogP contribution in [0, 0.1) is 13.8 Å². The van der Waals surface area contributed by atoms with Gasteiger partial charge in [0.2, 0.25) is 0 Å². The third-order valence-electron chi connectivity index (χ3n) is 4.27. The van der Waals surface area contributed by atoms with Crippen molar-refractivity contribution in [3.63, 3.8) is 0 Å². The summed E-state index contributed by atoms with van der Waals surface area (Å²) in [5.74, 6) is 0.873. The van der Waals surface area contributed by atoms with Crippen LogP contribution in [0.5, 0.6) is 0 Å². The molecule has 4 aromatic heterocycles. The third-order valence-corrected chi connectivity index (χ3v) is 4.58. The van der Waals surface area contributed by atoms with E-state index in [1.807, 2.05) is 44.3 Å². The van der Waals surface area contributed by atoms with E-state index in [4.69, 9.17) is 11.6 Å². The van der Waals surface area contributed by atoms with Crippen LogP contribution in [0.15, 0.2) is 55.0 Å². The van der Waals surface area contributed by atoms with Crippen molar-refractivity contribution in [2.75, 3.05) is 0 Å². The van der Waals surface area contributed by atoms with Gasteiger partial charge in [0, 0.05) is 30.8 Å². The average molecular weight is 408 g/mol. The number of hydrogen-bond acceptors (Lipinski definition) is 5. The Kier molecular flexibility index (Phi) is 5.09. The fourth-order valence-electron chi connectivity index (χ4n) is 2.90. The summed E-state index contributed by atoms with van der Waals surface area (Å²) < 4.78 is 3.34. The Morgan fingerprint density at radius 3 is 2.66 bits per heavy atom. The zero-order chi connectivity index (χ0) is 20.4. The van der Waals surface area contributed by atoms with Crippen molar-refractivity contribution in [2.24, 2.45) is 0 Å². The number of amides is 1. The minimum atomic E-state index is -0.366. The molecular formula is C20H18ClN7O. The Morgan fingerprint density at radius 2 is 2.00 bits per heavy atom. The summed E-state index contributed by atoms with van der Waals surface area (Å²) in [6.45, 7) is 4.13. The Balaban J connectivity index is 1.48. The van der Waals surface area contributed by atoms with Crippen molar-refractivity contribution in [2.45, 2.75) is 20.4 Å². The molecule has 1 amide bonds. The highest BCUT2D eigenvalue weighted by molar-refractivity contribution is 6.33. The Morgan fingerprint density at radius 1 is 1.17 bits per heavy atom. The van der Waals surface area contributed by atoms with Crippen LogP contribution >= 0.6 is 11.6 Å². The highest BCUT2D eigenvalue weighted by Gasteiger charge is 2.15. The van der Waals surface area contributed by atoms with E-state index in [1.165, 1.54) is 0 Å². The third kappa shape index (κ3) is 4.02. The van der Waals surface area contributed by atoms with E-state index in [1.54, 1.807) is 33.9 Å². The number of nitrogens with zero attached hydrogens (tertiary/aromatic N) is 6. The summed E-state index contributed by atoms with van der Waals surface area (Å²) in [6, 6.07) is 10.9. The molecule has 0 aliphatic heterocycles. The van der Waals surface area contributed by atoms with Crippen LogP contribution in [0.2, 0.25) is 5.02 Å². The molecule has 0 saturated carbocycles. The first-order valence-electron chi connectivity index (χ1n) is 8.94. The summed E-state index contributed by atoms with van der Waals surface area (Å²) in [6.07, 6.45) is 5.19. The second-order valence-electron chi connectivity index (χ2n) is 6.50. The maximum atomic E-state index is 12.6. The average Bonchev–Trinajstić information content (AvgIpc) is 3.36. The summed E-state index contributed by atoms with van der Waals surface area (Å²) in [5.41, 5.74) is 2.79. The molecule has 4 rings (SSSR count). The van der Waals surface area contributed by atoms with Crippen LogP contribution < -0.4 is 5.32 Å². The van der Waals surface area contributed by atoms with Crippen molar-refractivity contribution in [1.29, 1.82) is 0 Å². The molecule has 0 radical (unpaired) electrons. The predicted molar refractivity (Wildman–Crippen MR) is 108 cm³/mol. The van der Waals surface area contributed by atoms with Gasteiger partial charge in [-0.1, -0.05) is 17.7 Å². The Labute approximate surface area is 172 Å². The maximum Gasteiger partial charge on any atom is 0.271 e. The molecule has 8 nitrogen and oxygen atoms in total. The van der Waals surface area contributed by atoms with Gasteiger partial charge in [0.15, 0.2) is 11.6 Å². The highest BCUT2D eigenvalue weighted by atomic mass is 35.5. The number of nitrogens with one attached hydrogen (secondary N) is 1. The van der Waals surface area contributed by atoms with Crippen molar-refractivity contribution >= 4 is 17.5 Å². The molecule has 0 aliphatic carbocycles. The highest BCUT2D eigenvalue weighted by Crippen LogP contribution is 2.18. The van der Waals surface area contributed by atoms with Gasteiger partial charge in [-0.3, -0.25) is 4.79 Å². The molecule has 0 aliphatic rings. The van der Waals surface area contributed by atoms with Crippen molar-refractivity contribution in [3.8, 4) is 11.6 Å². The van der Waals surface area contributed by atoms with E-state index < -0.39 is 0 Å². The zero-order valence-corrected chi connectivity index (χ0v) is 16.6. The molecule has 4 aromatic rings. The molecule has 1 N–H and O–H groups in total. The summed E-state index contributed by atoms with van der Waals surface area (Å²) >= 11 is 6.21. The minimum absolute atomic E-state index is 0.151. The second-order valence-corrected chi connectivity index (χ2v) is 6.90. The van der Waals surface area contributed by atoms with E-state index in [-0.39, 0.29) is 16.6 Å². The van der Waals surface area contributed by atoms with Gasteiger partial charge >= 0.3 is 0 Å². The molecule has 0 spiro atoms.